The van der Waals surface area contributed by atoms with Crippen LogP contribution in [0.15, 0.2) is 24.3 Å². The third-order valence-electron chi connectivity index (χ3n) is 3.31. The minimum Gasteiger partial charge on any atom is -0.478 e. The number of aliphatic carboxylic acids is 1. The molecule has 21 heavy (non-hydrogen) atoms. The minimum atomic E-state index is -0.975. The Morgan fingerprint density at radius 3 is 2.86 bits per heavy atom. The van der Waals surface area contributed by atoms with E-state index in [-0.39, 0.29) is 11.7 Å². The number of hydrogen-bond acceptors (Lipinski definition) is 3. The number of para-hydroxylation sites is 1. The lowest BCUT2D eigenvalue weighted by Crippen LogP contribution is -2.52. The summed E-state index contributed by atoms with van der Waals surface area (Å²) in [6, 6.07) is 5.51. The zero-order valence-corrected chi connectivity index (χ0v) is 13.2. The summed E-state index contributed by atoms with van der Waals surface area (Å²) in [5.74, 6) is -0.975. The molecule has 0 bridgehead atoms. The molecule has 0 aromatic heterocycles. The molecule has 1 aliphatic rings. The molecule has 114 valence electrons. The molecule has 1 heterocycles. The number of nitrogens with zero attached hydrogens (tertiary/aromatic N) is 1. The first-order valence-electron chi connectivity index (χ1n) is 6.91. The molecule has 1 aromatic carbocycles. The number of anilines is 1. The molecule has 1 aromatic rings. The molecule has 0 saturated carbocycles. The standard InChI is InChI=1S/C16H20ClNO3/c1-11-9-18(10-16(2,3)21-11)15-12(7-8-14(19)20)5-4-6-13(15)17/h4-8,11H,9-10H2,1-3H3,(H,19,20)/b8-7+. The summed E-state index contributed by atoms with van der Waals surface area (Å²) < 4.78 is 5.91. The normalized spacial score (nSPS) is 21.7. The Hall–Kier alpha value is -1.52. The Morgan fingerprint density at radius 2 is 2.24 bits per heavy atom. The highest BCUT2D eigenvalue weighted by atomic mass is 35.5. The van der Waals surface area contributed by atoms with Gasteiger partial charge in [0.1, 0.15) is 0 Å². The van der Waals surface area contributed by atoms with Gasteiger partial charge >= 0.3 is 5.97 Å². The van der Waals surface area contributed by atoms with Crippen molar-refractivity contribution in [3.05, 3.63) is 34.9 Å². The summed E-state index contributed by atoms with van der Waals surface area (Å²) in [7, 11) is 0. The number of halogens is 1. The summed E-state index contributed by atoms with van der Waals surface area (Å²) in [5, 5.41) is 9.44. The molecular weight excluding hydrogens is 290 g/mol. The van der Waals surface area contributed by atoms with Crippen LogP contribution >= 0.6 is 11.6 Å². The van der Waals surface area contributed by atoms with Crippen molar-refractivity contribution in [3.63, 3.8) is 0 Å². The second kappa shape index (κ2) is 6.08. The first-order valence-corrected chi connectivity index (χ1v) is 7.28. The zero-order chi connectivity index (χ0) is 15.6. The molecule has 1 atom stereocenters. The maximum Gasteiger partial charge on any atom is 0.328 e. The molecule has 1 saturated heterocycles. The molecule has 1 fully saturated rings. The molecule has 0 radical (unpaired) electrons. The fourth-order valence-corrected chi connectivity index (χ4v) is 3.09. The number of morpholine rings is 1. The third kappa shape index (κ3) is 3.99. The number of benzene rings is 1. The second-order valence-corrected chi connectivity index (χ2v) is 6.33. The number of carboxylic acids is 1. The summed E-state index contributed by atoms with van der Waals surface area (Å²) in [4.78, 5) is 12.9. The number of ether oxygens (including phenoxy) is 1. The van der Waals surface area contributed by atoms with Crippen LogP contribution in [0.5, 0.6) is 0 Å². The smallest absolute Gasteiger partial charge is 0.328 e. The molecule has 1 unspecified atom stereocenters. The highest BCUT2D eigenvalue weighted by molar-refractivity contribution is 6.33. The predicted molar refractivity (Wildman–Crippen MR) is 85.0 cm³/mol. The molecule has 5 heteroatoms. The van der Waals surface area contributed by atoms with Gasteiger partial charge in [0.25, 0.3) is 0 Å². The van der Waals surface area contributed by atoms with Gasteiger partial charge in [-0.2, -0.15) is 0 Å². The molecule has 0 spiro atoms. The first-order chi connectivity index (χ1) is 9.78. The Balaban J connectivity index is 2.40. The number of carbonyl (C=O) groups is 1. The number of hydrogen-bond donors (Lipinski definition) is 1. The summed E-state index contributed by atoms with van der Waals surface area (Å²) in [5.41, 5.74) is 1.39. The van der Waals surface area contributed by atoms with Gasteiger partial charge in [0, 0.05) is 19.2 Å². The van der Waals surface area contributed by atoms with Crippen LogP contribution in [0.3, 0.4) is 0 Å². The highest BCUT2D eigenvalue weighted by Gasteiger charge is 2.32. The molecule has 4 nitrogen and oxygen atoms in total. The van der Waals surface area contributed by atoms with Crippen LogP contribution in [0, 0.1) is 0 Å². The monoisotopic (exact) mass is 309 g/mol. The van der Waals surface area contributed by atoms with Crippen LogP contribution in [0.25, 0.3) is 6.08 Å². The zero-order valence-electron chi connectivity index (χ0n) is 12.5. The average molecular weight is 310 g/mol. The largest absolute Gasteiger partial charge is 0.478 e. The van der Waals surface area contributed by atoms with Gasteiger partial charge in [0.05, 0.1) is 22.4 Å². The quantitative estimate of drug-likeness (QED) is 0.869. The van der Waals surface area contributed by atoms with Crippen molar-refractivity contribution >= 4 is 29.3 Å². The summed E-state index contributed by atoms with van der Waals surface area (Å²) >= 11 is 6.36. The highest BCUT2D eigenvalue weighted by Crippen LogP contribution is 2.34. The van der Waals surface area contributed by atoms with Gasteiger partial charge < -0.3 is 14.7 Å². The molecule has 2 rings (SSSR count). The first kappa shape index (κ1) is 15.9. The molecular formula is C16H20ClNO3. The van der Waals surface area contributed by atoms with Gasteiger partial charge in [-0.25, -0.2) is 4.79 Å². The van der Waals surface area contributed by atoms with Crippen LogP contribution in [0.4, 0.5) is 5.69 Å². The topological polar surface area (TPSA) is 49.8 Å². The lowest BCUT2D eigenvalue weighted by molar-refractivity contribution is -0.131. The summed E-state index contributed by atoms with van der Waals surface area (Å²) in [6.45, 7) is 7.53. The van der Waals surface area contributed by atoms with Gasteiger partial charge in [-0.1, -0.05) is 23.7 Å². The van der Waals surface area contributed by atoms with Gasteiger partial charge in [-0.15, -0.1) is 0 Å². The van der Waals surface area contributed by atoms with Crippen molar-refractivity contribution in [2.45, 2.75) is 32.5 Å². The Labute approximate surface area is 130 Å². The Morgan fingerprint density at radius 1 is 1.52 bits per heavy atom. The van der Waals surface area contributed by atoms with Crippen molar-refractivity contribution < 1.29 is 14.6 Å². The fraction of sp³-hybridized carbons (Fsp3) is 0.438. The molecule has 1 N–H and O–H groups in total. The van der Waals surface area contributed by atoms with Gasteiger partial charge in [-0.05, 0) is 38.5 Å². The number of rotatable bonds is 3. The van der Waals surface area contributed by atoms with Gasteiger partial charge in [0.15, 0.2) is 0 Å². The minimum absolute atomic E-state index is 0.0846. The van der Waals surface area contributed by atoms with Crippen molar-refractivity contribution in [2.75, 3.05) is 18.0 Å². The van der Waals surface area contributed by atoms with Crippen LogP contribution in [0.2, 0.25) is 5.02 Å². The SMILES string of the molecule is CC1CN(c2c(Cl)cccc2/C=C/C(=O)O)CC(C)(C)O1. The van der Waals surface area contributed by atoms with Crippen LogP contribution < -0.4 is 4.90 Å². The van der Waals surface area contributed by atoms with E-state index in [0.717, 1.165) is 23.9 Å². The van der Waals surface area contributed by atoms with Crippen LogP contribution in [-0.4, -0.2) is 35.9 Å². The number of carboxylic acid groups (broad SMARTS) is 1. The van der Waals surface area contributed by atoms with E-state index in [0.29, 0.717) is 11.6 Å². The summed E-state index contributed by atoms with van der Waals surface area (Å²) in [6.07, 6.45) is 2.79. The Kier molecular flexibility index (Phi) is 4.59. The molecule has 1 aliphatic heterocycles. The van der Waals surface area contributed by atoms with E-state index in [9.17, 15) is 4.79 Å². The maximum atomic E-state index is 10.7. The van der Waals surface area contributed by atoms with E-state index in [1.165, 1.54) is 0 Å². The van der Waals surface area contributed by atoms with Crippen molar-refractivity contribution in [1.29, 1.82) is 0 Å². The van der Waals surface area contributed by atoms with Crippen molar-refractivity contribution in [3.8, 4) is 0 Å². The van der Waals surface area contributed by atoms with Gasteiger partial charge in [0.2, 0.25) is 0 Å². The second-order valence-electron chi connectivity index (χ2n) is 5.92. The van der Waals surface area contributed by atoms with Crippen molar-refractivity contribution in [2.24, 2.45) is 0 Å². The van der Waals surface area contributed by atoms with E-state index in [1.807, 2.05) is 39.0 Å². The average Bonchev–Trinajstić information content (AvgIpc) is 2.33. The van der Waals surface area contributed by atoms with E-state index in [1.54, 1.807) is 6.08 Å². The lowest BCUT2D eigenvalue weighted by Gasteiger charge is -2.43. The predicted octanol–water partition coefficient (Wildman–Crippen LogP) is 3.44. The van der Waals surface area contributed by atoms with E-state index < -0.39 is 5.97 Å². The van der Waals surface area contributed by atoms with E-state index in [4.69, 9.17) is 21.4 Å². The molecule has 0 aliphatic carbocycles. The van der Waals surface area contributed by atoms with Gasteiger partial charge in [-0.3, -0.25) is 0 Å². The van der Waals surface area contributed by atoms with Crippen LogP contribution in [0.1, 0.15) is 26.3 Å². The van der Waals surface area contributed by atoms with E-state index >= 15 is 0 Å². The lowest BCUT2D eigenvalue weighted by atomic mass is 10.0. The molecule has 0 amide bonds. The Bertz CT molecular complexity index is 569. The fourth-order valence-electron chi connectivity index (χ4n) is 2.79. The maximum absolute atomic E-state index is 10.7. The van der Waals surface area contributed by atoms with Crippen molar-refractivity contribution in [1.82, 2.24) is 0 Å². The third-order valence-corrected chi connectivity index (χ3v) is 3.61. The van der Waals surface area contributed by atoms with Crippen LogP contribution in [-0.2, 0) is 9.53 Å². The van der Waals surface area contributed by atoms with E-state index in [2.05, 4.69) is 4.90 Å².